The number of nitrogens with zero attached hydrogens (tertiary/aromatic N) is 1. The molecule has 0 spiro atoms. The van der Waals surface area contributed by atoms with Gasteiger partial charge in [-0.2, -0.15) is 0 Å². The zero-order valence-corrected chi connectivity index (χ0v) is 13.1. The summed E-state index contributed by atoms with van der Waals surface area (Å²) in [6.45, 7) is 0.280. The maximum Gasteiger partial charge on any atom is 0.224 e. The maximum absolute atomic E-state index is 13.3. The predicted molar refractivity (Wildman–Crippen MR) is 86.1 cm³/mol. The van der Waals surface area contributed by atoms with Gasteiger partial charge in [0.15, 0.2) is 0 Å². The normalized spacial score (nSPS) is 12.0. The molecule has 22 heavy (non-hydrogen) atoms. The van der Waals surface area contributed by atoms with Crippen LogP contribution in [0.15, 0.2) is 48.5 Å². The number of benzene rings is 2. The molecule has 0 heterocycles. The van der Waals surface area contributed by atoms with Gasteiger partial charge in [-0.25, -0.2) is 4.39 Å². The van der Waals surface area contributed by atoms with E-state index in [-0.39, 0.29) is 24.9 Å². The highest BCUT2D eigenvalue weighted by Gasteiger charge is 2.25. The minimum absolute atomic E-state index is 0.0863. The Balaban J connectivity index is 2.48. The first-order valence-electron chi connectivity index (χ1n) is 7.00. The summed E-state index contributed by atoms with van der Waals surface area (Å²) < 4.78 is 13.3. The molecule has 3 nitrogen and oxygen atoms in total. The van der Waals surface area contributed by atoms with E-state index in [1.165, 1.54) is 12.1 Å². The standard InChI is InChI=1S/C17H18ClFN2O/c1-21(16(22)9-10-20)17(12-5-3-2-4-6-12)14-8-7-13(19)11-15(14)18/h2-8,11,17H,9-10,20H2,1H3/t17-/m1/s1. The van der Waals surface area contributed by atoms with Crippen LogP contribution in [0.5, 0.6) is 0 Å². The third-order valence-corrected chi connectivity index (χ3v) is 3.84. The van der Waals surface area contributed by atoms with Crippen molar-refractivity contribution in [3.63, 3.8) is 0 Å². The number of carbonyl (C=O) groups excluding carboxylic acids is 1. The summed E-state index contributed by atoms with van der Waals surface area (Å²) in [5, 5.41) is 0.293. The Morgan fingerprint density at radius 3 is 2.55 bits per heavy atom. The minimum Gasteiger partial charge on any atom is -0.335 e. The van der Waals surface area contributed by atoms with Gasteiger partial charge in [0.25, 0.3) is 0 Å². The number of halogens is 2. The van der Waals surface area contributed by atoms with Crippen LogP contribution in [0.1, 0.15) is 23.6 Å². The molecule has 0 aromatic heterocycles. The van der Waals surface area contributed by atoms with Gasteiger partial charge in [-0.15, -0.1) is 0 Å². The molecule has 0 radical (unpaired) electrons. The third kappa shape index (κ3) is 3.64. The molecule has 0 fully saturated rings. The Kier molecular flexibility index (Phi) is 5.52. The number of carbonyl (C=O) groups is 1. The van der Waals surface area contributed by atoms with Gasteiger partial charge in [0.1, 0.15) is 5.82 Å². The molecule has 2 N–H and O–H groups in total. The van der Waals surface area contributed by atoms with Crippen molar-refractivity contribution in [3.8, 4) is 0 Å². The first-order valence-corrected chi connectivity index (χ1v) is 7.38. The van der Waals surface area contributed by atoms with Crippen LogP contribution in [-0.2, 0) is 4.79 Å². The third-order valence-electron chi connectivity index (χ3n) is 3.51. The van der Waals surface area contributed by atoms with Crippen molar-refractivity contribution in [2.45, 2.75) is 12.5 Å². The van der Waals surface area contributed by atoms with E-state index in [0.717, 1.165) is 5.56 Å². The predicted octanol–water partition coefficient (Wildman–Crippen LogP) is 3.38. The van der Waals surface area contributed by atoms with E-state index in [0.29, 0.717) is 10.6 Å². The van der Waals surface area contributed by atoms with Gasteiger partial charge in [0.2, 0.25) is 5.91 Å². The van der Waals surface area contributed by atoms with Crippen molar-refractivity contribution in [1.29, 1.82) is 0 Å². The van der Waals surface area contributed by atoms with Gasteiger partial charge in [-0.3, -0.25) is 4.79 Å². The second kappa shape index (κ2) is 7.38. The molecule has 0 saturated heterocycles. The smallest absolute Gasteiger partial charge is 0.224 e. The molecule has 116 valence electrons. The molecule has 0 saturated carbocycles. The zero-order chi connectivity index (χ0) is 16.1. The number of nitrogens with two attached hydrogens (primary N) is 1. The van der Waals surface area contributed by atoms with Gasteiger partial charge in [0.05, 0.1) is 6.04 Å². The van der Waals surface area contributed by atoms with Crippen LogP contribution in [0.3, 0.4) is 0 Å². The van der Waals surface area contributed by atoms with E-state index >= 15 is 0 Å². The molecule has 0 aliphatic rings. The van der Waals surface area contributed by atoms with E-state index in [1.54, 1.807) is 18.0 Å². The molecule has 0 unspecified atom stereocenters. The molecular weight excluding hydrogens is 303 g/mol. The van der Waals surface area contributed by atoms with Crippen LogP contribution >= 0.6 is 11.6 Å². The topological polar surface area (TPSA) is 46.3 Å². The van der Waals surface area contributed by atoms with Crippen molar-refractivity contribution < 1.29 is 9.18 Å². The molecule has 0 aliphatic heterocycles. The van der Waals surface area contributed by atoms with Crippen molar-refractivity contribution in [1.82, 2.24) is 4.90 Å². The summed E-state index contributed by atoms with van der Waals surface area (Å²) >= 11 is 6.20. The van der Waals surface area contributed by atoms with E-state index in [9.17, 15) is 9.18 Å². The van der Waals surface area contributed by atoms with Crippen LogP contribution in [0.25, 0.3) is 0 Å². The van der Waals surface area contributed by atoms with Crippen molar-refractivity contribution in [2.75, 3.05) is 13.6 Å². The van der Waals surface area contributed by atoms with Gasteiger partial charge in [0, 0.05) is 25.0 Å². The number of hydrogen-bond donors (Lipinski definition) is 1. The number of amides is 1. The van der Waals surface area contributed by atoms with Crippen LogP contribution in [0, 0.1) is 5.82 Å². The van der Waals surface area contributed by atoms with E-state index in [1.807, 2.05) is 30.3 Å². The maximum atomic E-state index is 13.3. The summed E-state index contributed by atoms with van der Waals surface area (Å²) in [5.74, 6) is -0.492. The van der Waals surface area contributed by atoms with Gasteiger partial charge in [-0.05, 0) is 23.3 Å². The molecule has 5 heteroatoms. The Morgan fingerprint density at radius 1 is 1.27 bits per heavy atom. The molecular formula is C17H18ClFN2O. The lowest BCUT2D eigenvalue weighted by atomic mass is 9.97. The summed E-state index contributed by atoms with van der Waals surface area (Å²) in [6.07, 6.45) is 0.249. The van der Waals surface area contributed by atoms with Crippen LogP contribution in [0.2, 0.25) is 5.02 Å². The fraction of sp³-hybridized carbons (Fsp3) is 0.235. The molecule has 1 atom stereocenters. The molecule has 2 aromatic rings. The Bertz CT molecular complexity index is 648. The fourth-order valence-electron chi connectivity index (χ4n) is 2.41. The fourth-order valence-corrected chi connectivity index (χ4v) is 2.68. The largest absolute Gasteiger partial charge is 0.335 e. The van der Waals surface area contributed by atoms with Crippen LogP contribution in [-0.4, -0.2) is 24.4 Å². The first-order chi connectivity index (χ1) is 10.5. The minimum atomic E-state index is -0.406. The van der Waals surface area contributed by atoms with Crippen LogP contribution < -0.4 is 5.73 Å². The summed E-state index contributed by atoms with van der Waals surface area (Å²) in [4.78, 5) is 13.8. The van der Waals surface area contributed by atoms with Crippen molar-refractivity contribution >= 4 is 17.5 Å². The monoisotopic (exact) mass is 320 g/mol. The SMILES string of the molecule is CN(C(=O)CCN)[C@H](c1ccccc1)c1ccc(F)cc1Cl. The molecule has 2 rings (SSSR count). The van der Waals surface area contributed by atoms with Gasteiger partial charge < -0.3 is 10.6 Å². The van der Waals surface area contributed by atoms with E-state index < -0.39 is 5.82 Å². The molecule has 0 bridgehead atoms. The van der Waals surface area contributed by atoms with E-state index in [4.69, 9.17) is 17.3 Å². The molecule has 1 amide bonds. The second-order valence-corrected chi connectivity index (χ2v) is 5.43. The summed E-state index contributed by atoms with van der Waals surface area (Å²) in [7, 11) is 1.70. The second-order valence-electron chi connectivity index (χ2n) is 5.02. The average Bonchev–Trinajstić information content (AvgIpc) is 2.51. The Labute approximate surface area is 134 Å². The van der Waals surface area contributed by atoms with Crippen molar-refractivity contribution in [3.05, 3.63) is 70.5 Å². The van der Waals surface area contributed by atoms with Gasteiger partial charge in [-0.1, -0.05) is 48.0 Å². The lowest BCUT2D eigenvalue weighted by Crippen LogP contribution is -2.33. The van der Waals surface area contributed by atoms with Crippen molar-refractivity contribution in [2.24, 2.45) is 5.73 Å². The average molecular weight is 321 g/mol. The summed E-state index contributed by atoms with van der Waals surface area (Å²) in [6, 6.07) is 13.3. The molecule has 0 aliphatic carbocycles. The van der Waals surface area contributed by atoms with Crippen LogP contribution in [0.4, 0.5) is 4.39 Å². The summed E-state index contributed by atoms with van der Waals surface area (Å²) in [5.41, 5.74) is 7.06. The quantitative estimate of drug-likeness (QED) is 0.918. The highest BCUT2D eigenvalue weighted by molar-refractivity contribution is 6.31. The lowest BCUT2D eigenvalue weighted by molar-refractivity contribution is -0.131. The number of rotatable bonds is 5. The highest BCUT2D eigenvalue weighted by Crippen LogP contribution is 2.33. The van der Waals surface area contributed by atoms with E-state index in [2.05, 4.69) is 0 Å². The zero-order valence-electron chi connectivity index (χ0n) is 12.3. The Morgan fingerprint density at radius 2 is 1.95 bits per heavy atom. The Hall–Kier alpha value is -1.91. The highest BCUT2D eigenvalue weighted by atomic mass is 35.5. The lowest BCUT2D eigenvalue weighted by Gasteiger charge is -2.30. The number of hydrogen-bond acceptors (Lipinski definition) is 2. The first kappa shape index (κ1) is 16.5. The molecule has 2 aromatic carbocycles. The van der Waals surface area contributed by atoms with Gasteiger partial charge >= 0.3 is 0 Å².